The molecule has 14 nitrogen and oxygen atoms in total. The van der Waals surface area contributed by atoms with Crippen LogP contribution in [0.25, 0.3) is 0 Å². The zero-order valence-corrected chi connectivity index (χ0v) is 21.2. The van der Waals surface area contributed by atoms with Gasteiger partial charge < -0.3 is 48.5 Å². The van der Waals surface area contributed by atoms with Crippen LogP contribution in [-0.2, 0) is 25.6 Å². The number of phenolic OH excluding ortho intramolecular Hbond substituents is 1. The highest BCUT2D eigenvalue weighted by Crippen LogP contribution is 2.11. The largest absolute Gasteiger partial charge is 0.508 e. The van der Waals surface area contributed by atoms with Gasteiger partial charge in [-0.05, 0) is 43.9 Å². The number of hydrogen-bond acceptors (Lipinski definition) is 9. The molecule has 0 spiro atoms. The lowest BCUT2D eigenvalue weighted by molar-refractivity contribution is -0.145. The Morgan fingerprint density at radius 3 is 2.08 bits per heavy atom. The summed E-state index contributed by atoms with van der Waals surface area (Å²) in [4.78, 5) is 53.4. The first-order valence-electron chi connectivity index (χ1n) is 11.4. The van der Waals surface area contributed by atoms with Gasteiger partial charge in [-0.1, -0.05) is 12.1 Å². The van der Waals surface area contributed by atoms with Gasteiger partial charge in [0.15, 0.2) is 12.0 Å². The van der Waals surface area contributed by atoms with E-state index < -0.39 is 54.0 Å². The summed E-state index contributed by atoms with van der Waals surface area (Å²) < 4.78 is 0. The third-order valence-corrected chi connectivity index (χ3v) is 5.53. The van der Waals surface area contributed by atoms with E-state index in [0.717, 1.165) is 0 Å². The van der Waals surface area contributed by atoms with E-state index in [4.69, 9.17) is 17.2 Å². The number of aliphatic hydroxyl groups is 1. The number of carboxylic acids is 1. The van der Waals surface area contributed by atoms with Crippen molar-refractivity contribution in [1.82, 2.24) is 16.0 Å². The highest BCUT2D eigenvalue weighted by Gasteiger charge is 2.31. The lowest BCUT2D eigenvalue weighted by Gasteiger charge is -2.25. The molecule has 0 saturated carbocycles. The molecule has 5 unspecified atom stereocenters. The number of rotatable bonds is 15. The summed E-state index contributed by atoms with van der Waals surface area (Å²) in [6.45, 7) is 1.33. The molecule has 0 heterocycles. The van der Waals surface area contributed by atoms with Gasteiger partial charge in [0.1, 0.15) is 17.8 Å². The third-order valence-electron chi connectivity index (χ3n) is 5.17. The second kappa shape index (κ2) is 15.5. The van der Waals surface area contributed by atoms with Gasteiger partial charge in [0.25, 0.3) is 0 Å². The molecule has 5 atom stereocenters. The summed E-state index contributed by atoms with van der Waals surface area (Å²) in [5, 5.41) is 35.4. The molecule has 1 aromatic rings. The Morgan fingerprint density at radius 1 is 1.00 bits per heavy atom. The van der Waals surface area contributed by atoms with Crippen molar-refractivity contribution in [2.75, 3.05) is 12.3 Å². The quantitative estimate of drug-likeness (QED) is 0.0471. The van der Waals surface area contributed by atoms with E-state index >= 15 is 0 Å². The molecule has 0 aromatic heterocycles. The first-order chi connectivity index (χ1) is 17.3. The van der Waals surface area contributed by atoms with Gasteiger partial charge in [-0.2, -0.15) is 12.6 Å². The summed E-state index contributed by atoms with van der Waals surface area (Å²) in [5.41, 5.74) is 17.2. The SMILES string of the molecule is CC(O)C(NC(=O)C(CCCN=C(N)N)NC(=O)C(CS)NC(=O)C(N)Cc1ccc(O)cc1)C(=O)O. The fourth-order valence-corrected chi connectivity index (χ4v) is 3.40. The van der Waals surface area contributed by atoms with Crippen LogP contribution < -0.4 is 33.2 Å². The molecule has 15 heteroatoms. The molecule has 0 bridgehead atoms. The number of aliphatic carboxylic acids is 1. The molecule has 0 saturated heterocycles. The maximum absolute atomic E-state index is 12.9. The average molecular weight is 542 g/mol. The van der Waals surface area contributed by atoms with Crippen LogP contribution in [0.4, 0.5) is 0 Å². The van der Waals surface area contributed by atoms with Crippen molar-refractivity contribution < 1.29 is 34.5 Å². The van der Waals surface area contributed by atoms with Gasteiger partial charge in [0.05, 0.1) is 12.1 Å². The van der Waals surface area contributed by atoms with Gasteiger partial charge in [-0.3, -0.25) is 19.4 Å². The van der Waals surface area contributed by atoms with Gasteiger partial charge >= 0.3 is 5.97 Å². The van der Waals surface area contributed by atoms with E-state index in [1.807, 2.05) is 0 Å². The second-order valence-electron chi connectivity index (χ2n) is 8.30. The predicted molar refractivity (Wildman–Crippen MR) is 139 cm³/mol. The minimum Gasteiger partial charge on any atom is -0.508 e. The number of aliphatic hydroxyl groups excluding tert-OH is 1. The minimum atomic E-state index is -1.61. The fraction of sp³-hybridized carbons (Fsp3) is 0.500. The Morgan fingerprint density at radius 2 is 1.57 bits per heavy atom. The van der Waals surface area contributed by atoms with Crippen LogP contribution in [0.5, 0.6) is 5.75 Å². The topological polar surface area (TPSA) is 255 Å². The van der Waals surface area contributed by atoms with Crippen LogP contribution >= 0.6 is 12.6 Å². The molecular weight excluding hydrogens is 506 g/mol. The van der Waals surface area contributed by atoms with Crippen LogP contribution in [-0.4, -0.2) is 87.5 Å². The number of carbonyl (C=O) groups excluding carboxylic acids is 3. The Bertz CT molecular complexity index is 955. The monoisotopic (exact) mass is 541 g/mol. The first kappa shape index (κ1) is 31.5. The van der Waals surface area contributed by atoms with E-state index in [9.17, 15) is 34.5 Å². The Balaban J connectivity index is 2.89. The molecule has 1 aromatic carbocycles. The molecule has 0 aliphatic carbocycles. The maximum atomic E-state index is 12.9. The normalized spacial score (nSPS) is 14.8. The number of guanidine groups is 1. The van der Waals surface area contributed by atoms with Gasteiger partial charge in [0, 0.05) is 12.3 Å². The van der Waals surface area contributed by atoms with Crippen molar-refractivity contribution in [3.63, 3.8) is 0 Å². The van der Waals surface area contributed by atoms with Crippen molar-refractivity contribution in [1.29, 1.82) is 0 Å². The smallest absolute Gasteiger partial charge is 0.328 e. The highest BCUT2D eigenvalue weighted by molar-refractivity contribution is 7.80. The number of phenols is 1. The lowest BCUT2D eigenvalue weighted by Crippen LogP contribution is -2.58. The molecule has 0 aliphatic rings. The molecule has 3 amide bonds. The number of carboxylic acid groups (broad SMARTS) is 1. The lowest BCUT2D eigenvalue weighted by atomic mass is 10.1. The first-order valence-corrected chi connectivity index (χ1v) is 12.0. The zero-order chi connectivity index (χ0) is 28.1. The number of hydrogen-bond donors (Lipinski definition) is 10. The fourth-order valence-electron chi connectivity index (χ4n) is 3.14. The third kappa shape index (κ3) is 11.4. The Hall–Kier alpha value is -3.56. The van der Waals surface area contributed by atoms with E-state index in [2.05, 4.69) is 33.6 Å². The number of aliphatic imine (C=N–C) groups is 1. The standard InChI is InChI=1S/C22H35N7O7S/c1-11(30)17(21(35)36)29-19(33)15(3-2-8-26-22(24)25)27-20(34)16(10-37)28-18(32)14(23)9-12-4-6-13(31)7-5-12/h4-7,11,14-17,30-31,37H,2-3,8-10,23H2,1H3,(H,27,34)(H,28,32)(H,29,33)(H,35,36)(H4,24,25,26). The summed E-state index contributed by atoms with van der Waals surface area (Å²) in [7, 11) is 0. The summed E-state index contributed by atoms with van der Waals surface area (Å²) in [5.74, 6) is -3.95. The van der Waals surface area contributed by atoms with Gasteiger partial charge in [-0.25, -0.2) is 4.79 Å². The van der Waals surface area contributed by atoms with E-state index in [-0.39, 0.29) is 43.3 Å². The molecule has 37 heavy (non-hydrogen) atoms. The molecule has 206 valence electrons. The molecule has 1 rings (SSSR count). The molecule has 0 fully saturated rings. The molecular formula is C22H35N7O7S. The van der Waals surface area contributed by atoms with E-state index in [1.54, 1.807) is 12.1 Å². The van der Waals surface area contributed by atoms with Crippen molar-refractivity contribution >= 4 is 42.3 Å². The van der Waals surface area contributed by atoms with Crippen LogP contribution in [0.1, 0.15) is 25.3 Å². The van der Waals surface area contributed by atoms with Gasteiger partial charge in [-0.15, -0.1) is 0 Å². The maximum Gasteiger partial charge on any atom is 0.328 e. The number of amides is 3. The molecule has 0 aliphatic heterocycles. The Kier molecular flexibility index (Phi) is 13.2. The van der Waals surface area contributed by atoms with Crippen molar-refractivity contribution in [2.24, 2.45) is 22.2 Å². The number of benzene rings is 1. The van der Waals surface area contributed by atoms with E-state index in [1.165, 1.54) is 19.1 Å². The number of nitrogens with two attached hydrogens (primary N) is 3. The van der Waals surface area contributed by atoms with Gasteiger partial charge in [0.2, 0.25) is 17.7 Å². The zero-order valence-electron chi connectivity index (χ0n) is 20.3. The number of thiol groups is 1. The van der Waals surface area contributed by atoms with Crippen molar-refractivity contribution in [2.45, 2.75) is 56.5 Å². The Labute approximate surface area is 219 Å². The number of nitrogens with one attached hydrogen (secondary N) is 3. The predicted octanol–water partition coefficient (Wildman–Crippen LogP) is -2.83. The number of carbonyl (C=O) groups is 4. The van der Waals surface area contributed by atoms with Crippen LogP contribution in [0, 0.1) is 0 Å². The molecule has 0 radical (unpaired) electrons. The summed E-state index contributed by atoms with van der Waals surface area (Å²) in [6.07, 6.45) is -0.996. The summed E-state index contributed by atoms with van der Waals surface area (Å²) >= 11 is 4.10. The van der Waals surface area contributed by atoms with E-state index in [0.29, 0.717) is 5.56 Å². The number of aromatic hydroxyl groups is 1. The average Bonchev–Trinajstić information content (AvgIpc) is 2.83. The summed E-state index contributed by atoms with van der Waals surface area (Å²) in [6, 6.07) is 1.10. The van der Waals surface area contributed by atoms with Crippen molar-refractivity contribution in [3.8, 4) is 5.75 Å². The highest BCUT2D eigenvalue weighted by atomic mass is 32.1. The second-order valence-corrected chi connectivity index (χ2v) is 8.66. The molecule has 12 N–H and O–H groups in total. The minimum absolute atomic E-state index is 0.0219. The van der Waals surface area contributed by atoms with Crippen molar-refractivity contribution in [3.05, 3.63) is 29.8 Å². The van der Waals surface area contributed by atoms with Crippen LogP contribution in [0.2, 0.25) is 0 Å². The number of nitrogens with zero attached hydrogens (tertiary/aromatic N) is 1. The van der Waals surface area contributed by atoms with Crippen LogP contribution in [0.15, 0.2) is 29.3 Å². The van der Waals surface area contributed by atoms with Crippen LogP contribution in [0.3, 0.4) is 0 Å².